The summed E-state index contributed by atoms with van der Waals surface area (Å²) in [6.07, 6.45) is 2.29. The first-order valence-electron chi connectivity index (χ1n) is 5.76. The predicted octanol–water partition coefficient (Wildman–Crippen LogP) is 2.68. The minimum Gasteiger partial charge on any atom is -0.367 e. The van der Waals surface area contributed by atoms with Gasteiger partial charge in [0, 0.05) is 17.1 Å². The molecule has 0 aliphatic carbocycles. The summed E-state index contributed by atoms with van der Waals surface area (Å²) < 4.78 is 0. The van der Waals surface area contributed by atoms with E-state index in [4.69, 9.17) is 0 Å². The molecule has 1 N–H and O–H groups in total. The number of nitrogens with zero attached hydrogens (tertiary/aromatic N) is 2. The van der Waals surface area contributed by atoms with Crippen molar-refractivity contribution in [3.63, 3.8) is 0 Å². The molecule has 0 saturated carbocycles. The summed E-state index contributed by atoms with van der Waals surface area (Å²) >= 11 is 0. The summed E-state index contributed by atoms with van der Waals surface area (Å²) in [6, 6.07) is 6.86. The van der Waals surface area contributed by atoms with E-state index in [9.17, 15) is 0 Å². The van der Waals surface area contributed by atoms with E-state index in [0.717, 1.165) is 29.0 Å². The molecule has 3 heteroatoms. The molecule has 0 aromatic carbocycles. The second kappa shape index (κ2) is 3.44. The number of rotatable bonds is 0. The Morgan fingerprint density at radius 2 is 2.19 bits per heavy atom. The molecule has 1 aliphatic rings. The van der Waals surface area contributed by atoms with Gasteiger partial charge < -0.3 is 5.32 Å². The molecule has 3 rings (SSSR count). The molecular formula is C13H15N3. The molecule has 0 spiro atoms. The molecular weight excluding hydrogens is 198 g/mol. The Kier molecular flexibility index (Phi) is 2.06. The summed E-state index contributed by atoms with van der Waals surface area (Å²) in [5.74, 6) is 1.02. The normalized spacial score (nSPS) is 19.2. The topological polar surface area (TPSA) is 37.8 Å². The Balaban J connectivity index is 2.20. The van der Waals surface area contributed by atoms with Crippen LogP contribution >= 0.6 is 0 Å². The number of fused-ring (bicyclic) bond motifs is 2. The summed E-state index contributed by atoms with van der Waals surface area (Å²) in [5, 5.41) is 4.56. The number of hydrogen-bond donors (Lipinski definition) is 1. The van der Waals surface area contributed by atoms with Crippen molar-refractivity contribution in [2.75, 3.05) is 5.32 Å². The minimum absolute atomic E-state index is 0.516. The van der Waals surface area contributed by atoms with Crippen molar-refractivity contribution in [2.24, 2.45) is 0 Å². The van der Waals surface area contributed by atoms with Crippen molar-refractivity contribution < 1.29 is 0 Å². The number of nitrogens with one attached hydrogen (secondary N) is 1. The average molecular weight is 213 g/mol. The van der Waals surface area contributed by atoms with E-state index < -0.39 is 0 Å². The van der Waals surface area contributed by atoms with E-state index in [0.29, 0.717) is 6.04 Å². The van der Waals surface area contributed by atoms with Crippen LogP contribution in [0.25, 0.3) is 11.0 Å². The Hall–Kier alpha value is -1.64. The molecule has 0 radical (unpaired) electrons. The molecule has 1 aliphatic heterocycles. The summed E-state index contributed by atoms with van der Waals surface area (Å²) in [7, 11) is 0. The third kappa shape index (κ3) is 1.52. The second-order valence-corrected chi connectivity index (χ2v) is 4.58. The van der Waals surface area contributed by atoms with Gasteiger partial charge in [-0.1, -0.05) is 0 Å². The fourth-order valence-electron chi connectivity index (χ4n) is 2.18. The maximum Gasteiger partial charge on any atom is 0.161 e. The largest absolute Gasteiger partial charge is 0.367 e. The van der Waals surface area contributed by atoms with Gasteiger partial charge in [-0.2, -0.15) is 0 Å². The highest BCUT2D eigenvalue weighted by Gasteiger charge is 2.16. The van der Waals surface area contributed by atoms with Crippen molar-refractivity contribution >= 4 is 16.9 Å². The SMILES string of the molecule is Cc1ccc2cc3c(nc2n1)NC(C)CC3. The van der Waals surface area contributed by atoms with Crippen LogP contribution in [0.2, 0.25) is 0 Å². The molecule has 2 aromatic heterocycles. The van der Waals surface area contributed by atoms with Crippen LogP contribution in [0.1, 0.15) is 24.6 Å². The lowest BCUT2D eigenvalue weighted by Gasteiger charge is -2.23. The lowest BCUT2D eigenvalue weighted by molar-refractivity contribution is 0.675. The van der Waals surface area contributed by atoms with Gasteiger partial charge in [0.15, 0.2) is 5.65 Å². The fraction of sp³-hybridized carbons (Fsp3) is 0.385. The maximum absolute atomic E-state index is 4.60. The second-order valence-electron chi connectivity index (χ2n) is 4.58. The first kappa shape index (κ1) is 9.58. The molecule has 0 bridgehead atoms. The summed E-state index contributed by atoms with van der Waals surface area (Å²) in [5.41, 5.74) is 3.18. The zero-order chi connectivity index (χ0) is 11.1. The van der Waals surface area contributed by atoms with Crippen LogP contribution in [0.4, 0.5) is 5.82 Å². The van der Waals surface area contributed by atoms with Crippen molar-refractivity contribution in [3.05, 3.63) is 29.5 Å². The van der Waals surface area contributed by atoms with Crippen LogP contribution in [0, 0.1) is 6.92 Å². The van der Waals surface area contributed by atoms with Gasteiger partial charge in [0.25, 0.3) is 0 Å². The van der Waals surface area contributed by atoms with Crippen LogP contribution in [0.15, 0.2) is 18.2 Å². The minimum atomic E-state index is 0.516. The Morgan fingerprint density at radius 3 is 3.06 bits per heavy atom. The molecule has 0 fully saturated rings. The van der Waals surface area contributed by atoms with Crippen LogP contribution in [-0.2, 0) is 6.42 Å². The predicted molar refractivity (Wildman–Crippen MR) is 65.7 cm³/mol. The van der Waals surface area contributed by atoms with Crippen molar-refractivity contribution in [1.29, 1.82) is 0 Å². The van der Waals surface area contributed by atoms with Gasteiger partial charge in [-0.25, -0.2) is 9.97 Å². The number of aryl methyl sites for hydroxylation is 2. The van der Waals surface area contributed by atoms with Gasteiger partial charge >= 0.3 is 0 Å². The Bertz CT molecular complexity index is 548. The number of anilines is 1. The van der Waals surface area contributed by atoms with Crippen molar-refractivity contribution in [3.8, 4) is 0 Å². The van der Waals surface area contributed by atoms with Crippen LogP contribution in [0.3, 0.4) is 0 Å². The highest BCUT2D eigenvalue weighted by atomic mass is 15.0. The maximum atomic E-state index is 4.60. The van der Waals surface area contributed by atoms with E-state index in [1.807, 2.05) is 13.0 Å². The van der Waals surface area contributed by atoms with Gasteiger partial charge in [0.1, 0.15) is 5.82 Å². The molecule has 2 aromatic rings. The van der Waals surface area contributed by atoms with Gasteiger partial charge in [-0.3, -0.25) is 0 Å². The highest BCUT2D eigenvalue weighted by molar-refractivity contribution is 5.78. The Morgan fingerprint density at radius 1 is 1.31 bits per heavy atom. The molecule has 3 heterocycles. The van der Waals surface area contributed by atoms with E-state index >= 15 is 0 Å². The van der Waals surface area contributed by atoms with Gasteiger partial charge in [-0.15, -0.1) is 0 Å². The van der Waals surface area contributed by atoms with Gasteiger partial charge in [0.2, 0.25) is 0 Å². The van der Waals surface area contributed by atoms with Crippen LogP contribution in [0.5, 0.6) is 0 Å². The molecule has 82 valence electrons. The zero-order valence-corrected chi connectivity index (χ0v) is 9.62. The highest BCUT2D eigenvalue weighted by Crippen LogP contribution is 2.25. The summed E-state index contributed by atoms with van der Waals surface area (Å²) in [6.45, 7) is 4.19. The van der Waals surface area contributed by atoms with Crippen molar-refractivity contribution in [2.45, 2.75) is 32.7 Å². The third-order valence-corrected chi connectivity index (χ3v) is 3.13. The molecule has 16 heavy (non-hydrogen) atoms. The molecule has 3 nitrogen and oxygen atoms in total. The van der Waals surface area contributed by atoms with Gasteiger partial charge in [-0.05, 0) is 50.5 Å². The third-order valence-electron chi connectivity index (χ3n) is 3.13. The summed E-state index contributed by atoms with van der Waals surface area (Å²) in [4.78, 5) is 9.06. The number of pyridine rings is 2. The van der Waals surface area contributed by atoms with Crippen LogP contribution in [-0.4, -0.2) is 16.0 Å². The Labute approximate surface area is 94.9 Å². The molecule has 1 atom stereocenters. The first-order chi connectivity index (χ1) is 7.72. The number of aromatic nitrogens is 2. The quantitative estimate of drug-likeness (QED) is 0.731. The zero-order valence-electron chi connectivity index (χ0n) is 9.62. The van der Waals surface area contributed by atoms with Crippen LogP contribution < -0.4 is 5.32 Å². The van der Waals surface area contributed by atoms with E-state index in [-0.39, 0.29) is 0 Å². The molecule has 0 saturated heterocycles. The fourth-order valence-corrected chi connectivity index (χ4v) is 2.18. The van der Waals surface area contributed by atoms with E-state index in [1.165, 1.54) is 12.0 Å². The molecule has 0 amide bonds. The lowest BCUT2D eigenvalue weighted by atomic mass is 10.0. The first-order valence-corrected chi connectivity index (χ1v) is 5.76. The van der Waals surface area contributed by atoms with Crippen molar-refractivity contribution in [1.82, 2.24) is 9.97 Å². The smallest absolute Gasteiger partial charge is 0.161 e. The van der Waals surface area contributed by atoms with Gasteiger partial charge in [0.05, 0.1) is 0 Å². The van der Waals surface area contributed by atoms with E-state index in [2.05, 4.69) is 34.3 Å². The standard InChI is InChI=1S/C13H15N3/c1-8-3-5-10-7-11-6-4-9(2)15-13(11)16-12(10)14-8/h3,5,7,9H,4,6H2,1-2H3,(H,14,15,16). The monoisotopic (exact) mass is 213 g/mol. The number of hydrogen-bond acceptors (Lipinski definition) is 3. The lowest BCUT2D eigenvalue weighted by Crippen LogP contribution is -2.23. The average Bonchev–Trinajstić information content (AvgIpc) is 2.26. The van der Waals surface area contributed by atoms with E-state index in [1.54, 1.807) is 0 Å². The molecule has 1 unspecified atom stereocenters.